The SMILES string of the molecule is Nc1cccc(-c2csc(Cc3ccc(Cl)cc3Cl)n2)c1. The molecule has 0 aliphatic heterocycles. The van der Waals surface area contributed by atoms with Crippen LogP contribution < -0.4 is 5.73 Å². The zero-order valence-electron chi connectivity index (χ0n) is 11.0. The highest BCUT2D eigenvalue weighted by Crippen LogP contribution is 2.27. The lowest BCUT2D eigenvalue weighted by Crippen LogP contribution is -1.89. The third kappa shape index (κ3) is 3.38. The van der Waals surface area contributed by atoms with Gasteiger partial charge in [-0.2, -0.15) is 0 Å². The Labute approximate surface area is 137 Å². The molecule has 0 aliphatic carbocycles. The van der Waals surface area contributed by atoms with E-state index >= 15 is 0 Å². The van der Waals surface area contributed by atoms with Crippen LogP contribution in [0.4, 0.5) is 5.69 Å². The van der Waals surface area contributed by atoms with Crippen molar-refractivity contribution in [3.05, 3.63) is 68.5 Å². The summed E-state index contributed by atoms with van der Waals surface area (Å²) in [6, 6.07) is 13.3. The van der Waals surface area contributed by atoms with Crippen molar-refractivity contribution in [1.29, 1.82) is 0 Å². The Morgan fingerprint density at radius 3 is 2.71 bits per heavy atom. The number of anilines is 1. The van der Waals surface area contributed by atoms with Gasteiger partial charge in [0.05, 0.1) is 10.7 Å². The van der Waals surface area contributed by atoms with E-state index in [-0.39, 0.29) is 0 Å². The van der Waals surface area contributed by atoms with E-state index in [0.717, 1.165) is 27.5 Å². The first-order valence-electron chi connectivity index (χ1n) is 6.36. The maximum Gasteiger partial charge on any atom is 0.0977 e. The molecule has 0 radical (unpaired) electrons. The van der Waals surface area contributed by atoms with Crippen molar-refractivity contribution in [3.8, 4) is 11.3 Å². The number of hydrogen-bond donors (Lipinski definition) is 1. The number of halogens is 2. The molecular weight excluding hydrogens is 323 g/mol. The third-order valence-electron chi connectivity index (χ3n) is 3.09. The van der Waals surface area contributed by atoms with Crippen LogP contribution in [0.5, 0.6) is 0 Å². The molecule has 0 atom stereocenters. The van der Waals surface area contributed by atoms with E-state index in [1.165, 1.54) is 0 Å². The predicted octanol–water partition coefficient (Wildman–Crippen LogP) is 5.29. The van der Waals surface area contributed by atoms with Gasteiger partial charge in [-0.05, 0) is 29.8 Å². The largest absolute Gasteiger partial charge is 0.399 e. The van der Waals surface area contributed by atoms with Gasteiger partial charge in [0.2, 0.25) is 0 Å². The highest BCUT2D eigenvalue weighted by atomic mass is 35.5. The molecule has 21 heavy (non-hydrogen) atoms. The molecule has 0 saturated heterocycles. The first-order chi connectivity index (χ1) is 10.1. The Hall–Kier alpha value is -1.55. The van der Waals surface area contributed by atoms with Crippen LogP contribution in [0.25, 0.3) is 11.3 Å². The normalized spacial score (nSPS) is 10.8. The van der Waals surface area contributed by atoms with Gasteiger partial charge < -0.3 is 5.73 Å². The summed E-state index contributed by atoms with van der Waals surface area (Å²) in [5.74, 6) is 0. The second-order valence-corrected chi connectivity index (χ2v) is 6.45. The van der Waals surface area contributed by atoms with Gasteiger partial charge in [-0.25, -0.2) is 4.98 Å². The van der Waals surface area contributed by atoms with E-state index < -0.39 is 0 Å². The smallest absolute Gasteiger partial charge is 0.0977 e. The summed E-state index contributed by atoms with van der Waals surface area (Å²) < 4.78 is 0. The van der Waals surface area contributed by atoms with Crippen molar-refractivity contribution in [2.24, 2.45) is 0 Å². The molecule has 0 amide bonds. The second-order valence-electron chi connectivity index (χ2n) is 4.66. The highest BCUT2D eigenvalue weighted by molar-refractivity contribution is 7.10. The second kappa shape index (κ2) is 6.06. The zero-order chi connectivity index (χ0) is 14.8. The van der Waals surface area contributed by atoms with E-state index in [9.17, 15) is 0 Å². The number of thiazole rings is 1. The van der Waals surface area contributed by atoms with Crippen molar-refractivity contribution in [3.63, 3.8) is 0 Å². The van der Waals surface area contributed by atoms with Crippen LogP contribution in [0.3, 0.4) is 0 Å². The molecule has 1 aromatic heterocycles. The highest BCUT2D eigenvalue weighted by Gasteiger charge is 2.08. The molecule has 0 bridgehead atoms. The number of aromatic nitrogens is 1. The lowest BCUT2D eigenvalue weighted by atomic mass is 10.1. The Morgan fingerprint density at radius 2 is 1.95 bits per heavy atom. The Balaban J connectivity index is 1.85. The standard InChI is InChI=1S/C16H12Cl2N2S/c17-12-5-4-10(14(18)8-12)7-16-20-15(9-21-16)11-2-1-3-13(19)6-11/h1-6,8-9H,7,19H2. The number of hydrogen-bond acceptors (Lipinski definition) is 3. The monoisotopic (exact) mass is 334 g/mol. The minimum Gasteiger partial charge on any atom is -0.399 e. The van der Waals surface area contributed by atoms with Crippen LogP contribution in [-0.2, 0) is 6.42 Å². The van der Waals surface area contributed by atoms with Crippen LogP contribution in [0.2, 0.25) is 10.0 Å². The van der Waals surface area contributed by atoms with Gasteiger partial charge in [-0.3, -0.25) is 0 Å². The van der Waals surface area contributed by atoms with Gasteiger partial charge in [0.25, 0.3) is 0 Å². The number of nitrogens with two attached hydrogens (primary N) is 1. The number of benzene rings is 2. The molecular formula is C16H12Cl2N2S. The fraction of sp³-hybridized carbons (Fsp3) is 0.0625. The Morgan fingerprint density at radius 1 is 1.10 bits per heavy atom. The molecule has 106 valence electrons. The fourth-order valence-electron chi connectivity index (χ4n) is 2.05. The zero-order valence-corrected chi connectivity index (χ0v) is 13.3. The van der Waals surface area contributed by atoms with Crippen LogP contribution in [0.15, 0.2) is 47.8 Å². The Bertz CT molecular complexity index is 783. The maximum absolute atomic E-state index is 6.20. The van der Waals surface area contributed by atoms with Gasteiger partial charge in [-0.1, -0.05) is 41.4 Å². The lowest BCUT2D eigenvalue weighted by Gasteiger charge is -2.02. The summed E-state index contributed by atoms with van der Waals surface area (Å²) in [5, 5.41) is 4.36. The summed E-state index contributed by atoms with van der Waals surface area (Å²) in [5.41, 5.74) is 9.53. The Kier molecular flexibility index (Phi) is 4.15. The number of rotatable bonds is 3. The third-order valence-corrected chi connectivity index (χ3v) is 4.53. The predicted molar refractivity (Wildman–Crippen MR) is 91.2 cm³/mol. The number of nitrogen functional groups attached to an aromatic ring is 1. The van der Waals surface area contributed by atoms with Gasteiger partial charge in [-0.15, -0.1) is 11.3 Å². The molecule has 0 saturated carbocycles. The van der Waals surface area contributed by atoms with E-state index in [2.05, 4.69) is 4.98 Å². The molecule has 2 nitrogen and oxygen atoms in total. The molecule has 0 spiro atoms. The quantitative estimate of drug-likeness (QED) is 0.661. The number of nitrogens with zero attached hydrogens (tertiary/aromatic N) is 1. The summed E-state index contributed by atoms with van der Waals surface area (Å²) in [7, 11) is 0. The molecule has 0 fully saturated rings. The molecule has 1 heterocycles. The topological polar surface area (TPSA) is 38.9 Å². The van der Waals surface area contributed by atoms with E-state index in [1.54, 1.807) is 17.4 Å². The summed E-state index contributed by atoms with van der Waals surface area (Å²) in [6.45, 7) is 0. The molecule has 3 aromatic rings. The molecule has 0 aliphatic rings. The van der Waals surface area contributed by atoms with Gasteiger partial charge >= 0.3 is 0 Å². The molecule has 0 unspecified atom stereocenters. The van der Waals surface area contributed by atoms with Gasteiger partial charge in [0.15, 0.2) is 0 Å². The van der Waals surface area contributed by atoms with E-state index in [0.29, 0.717) is 16.5 Å². The van der Waals surface area contributed by atoms with Crippen molar-refractivity contribution in [1.82, 2.24) is 4.98 Å². The first kappa shape index (κ1) is 14.4. The van der Waals surface area contributed by atoms with Crippen LogP contribution in [0, 0.1) is 0 Å². The van der Waals surface area contributed by atoms with Gasteiger partial charge in [0, 0.05) is 33.1 Å². The minimum atomic E-state index is 0.642. The lowest BCUT2D eigenvalue weighted by molar-refractivity contribution is 1.14. The van der Waals surface area contributed by atoms with E-state index in [1.807, 2.05) is 41.8 Å². The van der Waals surface area contributed by atoms with Gasteiger partial charge in [0.1, 0.15) is 0 Å². The maximum atomic E-state index is 6.20. The molecule has 2 aromatic carbocycles. The van der Waals surface area contributed by atoms with Crippen LogP contribution in [0.1, 0.15) is 10.6 Å². The summed E-state index contributed by atoms with van der Waals surface area (Å²) in [6.07, 6.45) is 0.697. The molecule has 3 rings (SSSR count). The van der Waals surface area contributed by atoms with Crippen molar-refractivity contribution >= 4 is 40.2 Å². The van der Waals surface area contributed by atoms with Crippen molar-refractivity contribution in [2.75, 3.05) is 5.73 Å². The minimum absolute atomic E-state index is 0.642. The van der Waals surface area contributed by atoms with Crippen molar-refractivity contribution < 1.29 is 0 Å². The molecule has 5 heteroatoms. The van der Waals surface area contributed by atoms with Crippen LogP contribution in [-0.4, -0.2) is 4.98 Å². The van der Waals surface area contributed by atoms with Crippen molar-refractivity contribution in [2.45, 2.75) is 6.42 Å². The first-order valence-corrected chi connectivity index (χ1v) is 7.99. The average molecular weight is 335 g/mol. The average Bonchev–Trinajstić information content (AvgIpc) is 2.91. The van der Waals surface area contributed by atoms with Crippen LogP contribution >= 0.6 is 34.5 Å². The fourth-order valence-corrected chi connectivity index (χ4v) is 3.35. The summed E-state index contributed by atoms with van der Waals surface area (Å²) in [4.78, 5) is 4.65. The van der Waals surface area contributed by atoms with E-state index in [4.69, 9.17) is 28.9 Å². The molecule has 2 N–H and O–H groups in total. The summed E-state index contributed by atoms with van der Waals surface area (Å²) >= 11 is 13.7.